The van der Waals surface area contributed by atoms with Gasteiger partial charge < -0.3 is 36.1 Å². The molecule has 0 aliphatic carbocycles. The second-order valence-corrected chi connectivity index (χ2v) is 11.2. The van der Waals surface area contributed by atoms with Gasteiger partial charge in [-0.3, -0.25) is 48.2 Å². The molecule has 49 heavy (non-hydrogen) atoms. The summed E-state index contributed by atoms with van der Waals surface area (Å²) in [6, 6.07) is 7.63. The summed E-state index contributed by atoms with van der Waals surface area (Å²) in [6.45, 7) is 0.123. The van der Waals surface area contributed by atoms with E-state index >= 15 is 0 Å². The topological polar surface area (TPSA) is 221 Å². The quantitative estimate of drug-likeness (QED) is 0.0282. The summed E-state index contributed by atoms with van der Waals surface area (Å²) >= 11 is 0. The first-order valence-electron chi connectivity index (χ1n) is 15.9. The molecule has 2 heterocycles. The Labute approximate surface area is 283 Å². The van der Waals surface area contributed by atoms with Gasteiger partial charge in [0.2, 0.25) is 23.6 Å². The van der Waals surface area contributed by atoms with Crippen LogP contribution in [0.5, 0.6) is 0 Å². The molecule has 1 fully saturated rings. The molecule has 0 saturated carbocycles. The average Bonchev–Trinajstić information content (AvgIpc) is 3.81. The smallest absolute Gasteiger partial charge is 0.325 e. The summed E-state index contributed by atoms with van der Waals surface area (Å²) in [5.41, 5.74) is 0.737. The Morgan fingerprint density at radius 1 is 0.857 bits per heavy atom. The molecule has 3 atom stereocenters. The zero-order valence-electron chi connectivity index (χ0n) is 27.4. The molecule has 3 rings (SSSR count). The van der Waals surface area contributed by atoms with E-state index in [1.807, 2.05) is 4.90 Å². The van der Waals surface area contributed by atoms with Gasteiger partial charge in [0, 0.05) is 51.7 Å². The zero-order valence-corrected chi connectivity index (χ0v) is 27.4. The molecule has 266 valence electrons. The molecule has 0 radical (unpaired) electrons. The predicted molar refractivity (Wildman–Crippen MR) is 172 cm³/mol. The molecule has 0 aromatic heterocycles. The van der Waals surface area contributed by atoms with Gasteiger partial charge in [-0.05, 0) is 18.4 Å². The van der Waals surface area contributed by atoms with Crippen LogP contribution in [0.3, 0.4) is 0 Å². The van der Waals surface area contributed by atoms with Crippen molar-refractivity contribution >= 4 is 47.3 Å². The van der Waals surface area contributed by atoms with E-state index in [1.54, 1.807) is 37.4 Å². The predicted octanol–water partition coefficient (Wildman–Crippen LogP) is -2.50. The van der Waals surface area contributed by atoms with E-state index in [-0.39, 0.29) is 56.4 Å². The van der Waals surface area contributed by atoms with Gasteiger partial charge in [0.15, 0.2) is 6.61 Å². The maximum atomic E-state index is 12.9. The van der Waals surface area contributed by atoms with Crippen LogP contribution < -0.4 is 26.6 Å². The van der Waals surface area contributed by atoms with Gasteiger partial charge in [-0.1, -0.05) is 36.8 Å². The Morgan fingerprint density at radius 3 is 2.31 bits per heavy atom. The molecule has 7 amide bonds. The number of benzene rings is 1. The molecule has 1 unspecified atom stereocenters. The van der Waals surface area contributed by atoms with Crippen LogP contribution in [0, 0.1) is 0 Å². The maximum absolute atomic E-state index is 12.9. The molecule has 2 aliphatic rings. The van der Waals surface area contributed by atoms with Gasteiger partial charge in [-0.2, -0.15) is 0 Å². The standard InChI is InChI=1S/C32H43N7O10/c1-33-32(47)24-19-38(24)14-15-48-21-36-26(41)17-35-31(46)23(16-22-8-4-2-5-9-22)37-27(42)20-49-30(45)18-34-25(40)10-6-3-7-13-39-28(43)11-12-29(39)44/h2,4-5,8-9,11-12,23-24H,3,6-7,10,13-21H2,1H3,(H,33,47)(H,34,40)(H,35,46)(H,36,41)(H,37,42)/t23-,24-,38?/m0/s1. The molecular formula is C32H43N7O10. The van der Waals surface area contributed by atoms with E-state index in [4.69, 9.17) is 9.47 Å². The number of esters is 1. The largest absolute Gasteiger partial charge is 0.454 e. The van der Waals surface area contributed by atoms with Crippen LogP contribution in [0.2, 0.25) is 0 Å². The van der Waals surface area contributed by atoms with Crippen molar-refractivity contribution in [1.29, 1.82) is 0 Å². The van der Waals surface area contributed by atoms with Crippen molar-refractivity contribution in [2.75, 3.05) is 59.7 Å². The summed E-state index contributed by atoms with van der Waals surface area (Å²) in [7, 11) is 1.57. The van der Waals surface area contributed by atoms with Gasteiger partial charge in [-0.15, -0.1) is 0 Å². The van der Waals surface area contributed by atoms with E-state index in [0.717, 1.165) is 10.5 Å². The van der Waals surface area contributed by atoms with Crippen molar-refractivity contribution in [2.45, 2.75) is 44.2 Å². The van der Waals surface area contributed by atoms with E-state index < -0.39 is 48.8 Å². The number of unbranched alkanes of at least 4 members (excludes halogenated alkanes) is 2. The van der Waals surface area contributed by atoms with E-state index in [9.17, 15) is 38.4 Å². The number of likely N-dealkylation sites (N-methyl/N-ethyl adjacent to an activating group) is 1. The van der Waals surface area contributed by atoms with Crippen LogP contribution in [0.1, 0.15) is 31.2 Å². The highest BCUT2D eigenvalue weighted by Gasteiger charge is 2.39. The second-order valence-electron chi connectivity index (χ2n) is 11.2. The van der Waals surface area contributed by atoms with Crippen LogP contribution in [0.15, 0.2) is 42.5 Å². The first-order chi connectivity index (χ1) is 23.6. The van der Waals surface area contributed by atoms with Crippen LogP contribution in [0.4, 0.5) is 0 Å². The lowest BCUT2D eigenvalue weighted by atomic mass is 10.1. The van der Waals surface area contributed by atoms with Crippen LogP contribution in [-0.2, 0) is 54.3 Å². The summed E-state index contributed by atoms with van der Waals surface area (Å²) in [4.78, 5) is 99.5. The van der Waals surface area contributed by atoms with E-state index in [0.29, 0.717) is 39.0 Å². The number of nitrogens with zero attached hydrogens (tertiary/aromatic N) is 2. The SMILES string of the molecule is CNC(=O)[C@@H]1CN1CCOCNC(=O)CNC(=O)[C@H](Cc1ccccc1)NC(=O)COC(=O)CNC(=O)CCCCCN1C(=O)C=CC1=O. The molecule has 0 spiro atoms. The third kappa shape index (κ3) is 14.2. The maximum Gasteiger partial charge on any atom is 0.325 e. The Kier molecular flexibility index (Phi) is 15.8. The summed E-state index contributed by atoms with van der Waals surface area (Å²) in [5, 5.41) is 12.5. The number of carbonyl (C=O) groups is 8. The lowest BCUT2D eigenvalue weighted by Crippen LogP contribution is -2.51. The summed E-state index contributed by atoms with van der Waals surface area (Å²) in [6.07, 6.45) is 4.25. The Hall–Kier alpha value is -5.16. The minimum Gasteiger partial charge on any atom is -0.454 e. The fraction of sp³-hybridized carbons (Fsp3) is 0.500. The number of hydrogen-bond acceptors (Lipinski definition) is 11. The minimum atomic E-state index is -1.09. The van der Waals surface area contributed by atoms with Crippen LogP contribution in [-0.4, -0.2) is 129 Å². The number of rotatable bonds is 22. The van der Waals surface area contributed by atoms with Gasteiger partial charge in [0.25, 0.3) is 17.7 Å². The lowest BCUT2D eigenvalue weighted by molar-refractivity contribution is -0.148. The van der Waals surface area contributed by atoms with Crippen molar-refractivity contribution in [2.24, 2.45) is 0 Å². The van der Waals surface area contributed by atoms with Crippen molar-refractivity contribution in [1.82, 2.24) is 36.4 Å². The number of nitrogens with one attached hydrogen (secondary N) is 5. The molecule has 1 aromatic carbocycles. The molecule has 17 nitrogen and oxygen atoms in total. The van der Waals surface area contributed by atoms with Crippen molar-refractivity contribution in [3.05, 3.63) is 48.0 Å². The van der Waals surface area contributed by atoms with Gasteiger partial charge >= 0.3 is 5.97 Å². The first-order valence-corrected chi connectivity index (χ1v) is 15.9. The second kappa shape index (κ2) is 20.3. The van der Waals surface area contributed by atoms with Crippen LogP contribution >= 0.6 is 0 Å². The monoisotopic (exact) mass is 685 g/mol. The third-order valence-electron chi connectivity index (χ3n) is 7.50. The van der Waals surface area contributed by atoms with Crippen molar-refractivity contribution < 1.29 is 47.8 Å². The minimum absolute atomic E-state index is 0.0546. The van der Waals surface area contributed by atoms with Crippen molar-refractivity contribution in [3.8, 4) is 0 Å². The van der Waals surface area contributed by atoms with Gasteiger partial charge in [-0.25, -0.2) is 0 Å². The lowest BCUT2D eigenvalue weighted by Gasteiger charge is -2.19. The number of hydrogen-bond donors (Lipinski definition) is 5. The molecule has 5 N–H and O–H groups in total. The van der Waals surface area contributed by atoms with Gasteiger partial charge in [0.1, 0.15) is 25.4 Å². The highest BCUT2D eigenvalue weighted by atomic mass is 16.5. The molecule has 1 aromatic rings. The third-order valence-corrected chi connectivity index (χ3v) is 7.50. The normalized spacial score (nSPS) is 16.8. The summed E-state index contributed by atoms with van der Waals surface area (Å²) in [5.74, 6) is -3.94. The average molecular weight is 686 g/mol. The Balaban J connectivity index is 1.30. The molecule has 2 aliphatic heterocycles. The molecule has 17 heteroatoms. The number of carbonyl (C=O) groups excluding carboxylic acids is 8. The number of amides is 7. The Morgan fingerprint density at radius 2 is 1.59 bits per heavy atom. The fourth-order valence-electron chi connectivity index (χ4n) is 4.71. The number of imide groups is 1. The molecular weight excluding hydrogens is 642 g/mol. The fourth-order valence-corrected chi connectivity index (χ4v) is 4.71. The highest BCUT2D eigenvalue weighted by molar-refractivity contribution is 6.12. The Bertz CT molecular complexity index is 1370. The van der Waals surface area contributed by atoms with E-state index in [2.05, 4.69) is 26.6 Å². The zero-order chi connectivity index (χ0) is 35.6. The van der Waals surface area contributed by atoms with E-state index in [1.165, 1.54) is 12.2 Å². The molecule has 0 bridgehead atoms. The summed E-state index contributed by atoms with van der Waals surface area (Å²) < 4.78 is 10.3. The highest BCUT2D eigenvalue weighted by Crippen LogP contribution is 2.15. The first kappa shape index (κ1) is 38.3. The van der Waals surface area contributed by atoms with Gasteiger partial charge in [0.05, 0.1) is 13.2 Å². The van der Waals surface area contributed by atoms with Crippen LogP contribution in [0.25, 0.3) is 0 Å². The molecule has 1 saturated heterocycles. The number of ether oxygens (including phenoxy) is 2. The van der Waals surface area contributed by atoms with Crippen molar-refractivity contribution in [3.63, 3.8) is 0 Å².